The average Bonchev–Trinajstić information content (AvgIpc) is 3.16. The molecular formula is C24H24BrN3O3. The summed E-state index contributed by atoms with van der Waals surface area (Å²) in [6, 6.07) is 11.7. The number of aliphatic hydroxyl groups excluding tert-OH is 1. The lowest BCUT2D eigenvalue weighted by Crippen LogP contribution is -2.25. The summed E-state index contributed by atoms with van der Waals surface area (Å²) in [4.78, 5) is 13.5. The second-order valence-corrected chi connectivity index (χ2v) is 8.46. The van der Waals surface area contributed by atoms with E-state index in [4.69, 9.17) is 4.74 Å². The number of methoxy groups -OCH3 is 1. The van der Waals surface area contributed by atoms with E-state index >= 15 is 0 Å². The third kappa shape index (κ3) is 4.03. The van der Waals surface area contributed by atoms with Gasteiger partial charge in [0.05, 0.1) is 26.0 Å². The smallest absolute Gasteiger partial charge is 0.260 e. The number of pyridine rings is 1. The summed E-state index contributed by atoms with van der Waals surface area (Å²) in [5.74, 6) is 0.787. The zero-order chi connectivity index (χ0) is 22.1. The molecule has 6 nitrogen and oxygen atoms in total. The largest absolute Gasteiger partial charge is 0.497 e. The Kier molecular flexibility index (Phi) is 5.98. The average molecular weight is 482 g/mol. The van der Waals surface area contributed by atoms with Gasteiger partial charge in [-0.15, -0.1) is 6.58 Å². The fourth-order valence-corrected chi connectivity index (χ4v) is 4.66. The number of aryl methyl sites for hydroxylation is 2. The van der Waals surface area contributed by atoms with Crippen molar-refractivity contribution in [3.63, 3.8) is 0 Å². The van der Waals surface area contributed by atoms with Crippen LogP contribution in [0.3, 0.4) is 0 Å². The van der Waals surface area contributed by atoms with Crippen molar-refractivity contribution in [3.05, 3.63) is 81.2 Å². The Morgan fingerprint density at radius 3 is 2.68 bits per heavy atom. The topological polar surface area (TPSA) is 69.3 Å². The zero-order valence-corrected chi connectivity index (χ0v) is 19.1. The molecule has 4 aromatic rings. The van der Waals surface area contributed by atoms with Crippen LogP contribution in [0.1, 0.15) is 17.5 Å². The molecule has 1 atom stereocenters. The van der Waals surface area contributed by atoms with Crippen LogP contribution in [0, 0.1) is 6.92 Å². The molecule has 1 N–H and O–H groups in total. The second kappa shape index (κ2) is 8.69. The van der Waals surface area contributed by atoms with Crippen LogP contribution in [0.25, 0.3) is 21.8 Å². The molecule has 7 heteroatoms. The van der Waals surface area contributed by atoms with E-state index < -0.39 is 6.10 Å². The van der Waals surface area contributed by atoms with Gasteiger partial charge in [-0.25, -0.2) is 4.68 Å². The zero-order valence-electron chi connectivity index (χ0n) is 17.5. The van der Waals surface area contributed by atoms with E-state index in [1.807, 2.05) is 48.0 Å². The Labute approximate surface area is 188 Å². The molecule has 31 heavy (non-hydrogen) atoms. The van der Waals surface area contributed by atoms with Crippen LogP contribution < -0.4 is 10.3 Å². The first-order valence-electron chi connectivity index (χ1n) is 10.0. The lowest BCUT2D eigenvalue weighted by atomic mass is 10.1. The number of hydrogen-bond donors (Lipinski definition) is 1. The Bertz CT molecular complexity index is 1320. The van der Waals surface area contributed by atoms with Gasteiger partial charge in [0, 0.05) is 27.2 Å². The number of aromatic nitrogens is 3. The Hall–Kier alpha value is -2.90. The molecule has 0 radical (unpaired) electrons. The lowest BCUT2D eigenvalue weighted by molar-refractivity contribution is 0.206. The third-order valence-electron chi connectivity index (χ3n) is 5.46. The summed E-state index contributed by atoms with van der Waals surface area (Å²) in [5.41, 5.74) is 2.67. The highest BCUT2D eigenvalue weighted by atomic mass is 79.9. The highest BCUT2D eigenvalue weighted by molar-refractivity contribution is 9.10. The van der Waals surface area contributed by atoms with Crippen molar-refractivity contribution in [3.8, 4) is 5.75 Å². The molecule has 160 valence electrons. The van der Waals surface area contributed by atoms with Crippen molar-refractivity contribution in [1.82, 2.24) is 14.3 Å². The van der Waals surface area contributed by atoms with Crippen molar-refractivity contribution in [2.75, 3.05) is 7.11 Å². The summed E-state index contributed by atoms with van der Waals surface area (Å²) in [7, 11) is 1.64. The molecule has 4 rings (SSSR count). The molecule has 2 aromatic heterocycles. The minimum Gasteiger partial charge on any atom is -0.497 e. The molecule has 0 saturated heterocycles. The molecule has 0 aliphatic heterocycles. The van der Waals surface area contributed by atoms with Crippen LogP contribution in [0.5, 0.6) is 5.75 Å². The second-order valence-electron chi connectivity index (χ2n) is 7.61. The van der Waals surface area contributed by atoms with Gasteiger partial charge in [0.25, 0.3) is 5.56 Å². The maximum atomic E-state index is 13.5. The van der Waals surface area contributed by atoms with Crippen molar-refractivity contribution in [2.45, 2.75) is 32.5 Å². The number of hydrogen-bond acceptors (Lipinski definition) is 4. The van der Waals surface area contributed by atoms with E-state index in [1.54, 1.807) is 17.9 Å². The van der Waals surface area contributed by atoms with E-state index in [2.05, 4.69) is 27.6 Å². The van der Waals surface area contributed by atoms with Crippen LogP contribution in [0.15, 0.2) is 64.5 Å². The fraction of sp³-hybridized carbons (Fsp3) is 0.250. The predicted molar refractivity (Wildman–Crippen MR) is 127 cm³/mol. The molecule has 2 heterocycles. The number of rotatable bonds is 7. The Balaban J connectivity index is 1.93. The number of ether oxygens (including phenoxy) is 1. The Morgan fingerprint density at radius 2 is 2.00 bits per heavy atom. The monoisotopic (exact) mass is 481 g/mol. The Morgan fingerprint density at radius 1 is 1.26 bits per heavy atom. The molecule has 0 spiro atoms. The van der Waals surface area contributed by atoms with Crippen LogP contribution in [0.4, 0.5) is 0 Å². The van der Waals surface area contributed by atoms with Gasteiger partial charge in [0.2, 0.25) is 0 Å². The first-order chi connectivity index (χ1) is 14.9. The van der Waals surface area contributed by atoms with Gasteiger partial charge in [0.15, 0.2) is 0 Å². The maximum absolute atomic E-state index is 13.5. The third-order valence-corrected chi connectivity index (χ3v) is 6.08. The standard InChI is InChI=1S/C24H24BrN3O3/c1-4-17(29)9-10-27-23-20(22-19(24(27)30)11-15(2)12-21(22)25)13-26-28(23)14-16-5-7-18(31-3)8-6-16/h4-8,11-13,17,29H,1,9-10,14H2,2-3H3/t17-/m1/s1. The van der Waals surface area contributed by atoms with Gasteiger partial charge < -0.3 is 9.84 Å². The first-order valence-corrected chi connectivity index (χ1v) is 10.8. The van der Waals surface area contributed by atoms with Crippen LogP contribution >= 0.6 is 15.9 Å². The highest BCUT2D eigenvalue weighted by Gasteiger charge is 2.18. The SMILES string of the molecule is C=C[C@@H](O)CCn1c(=O)c2cc(C)cc(Br)c2c2cnn(Cc3ccc(OC)cc3)c21. The molecule has 0 aliphatic rings. The molecule has 0 fully saturated rings. The minimum absolute atomic E-state index is 0.0976. The summed E-state index contributed by atoms with van der Waals surface area (Å²) < 4.78 is 9.66. The number of nitrogens with zero attached hydrogens (tertiary/aromatic N) is 3. The van der Waals surface area contributed by atoms with Crippen molar-refractivity contribution in [1.29, 1.82) is 0 Å². The highest BCUT2D eigenvalue weighted by Crippen LogP contribution is 2.31. The first kappa shape index (κ1) is 21.3. The maximum Gasteiger partial charge on any atom is 0.260 e. The normalized spacial score (nSPS) is 12.4. The van der Waals surface area contributed by atoms with E-state index in [0.717, 1.165) is 37.8 Å². The van der Waals surface area contributed by atoms with Crippen LogP contribution in [0.2, 0.25) is 0 Å². The molecule has 0 bridgehead atoms. The van der Waals surface area contributed by atoms with Gasteiger partial charge in [-0.2, -0.15) is 5.10 Å². The molecule has 2 aromatic carbocycles. The fourth-order valence-electron chi connectivity index (χ4n) is 3.87. The van der Waals surface area contributed by atoms with Gasteiger partial charge in [0.1, 0.15) is 11.4 Å². The van der Waals surface area contributed by atoms with Crippen LogP contribution in [-0.2, 0) is 13.1 Å². The lowest BCUT2D eigenvalue weighted by Gasteiger charge is -2.15. The number of aliphatic hydroxyl groups is 1. The van der Waals surface area contributed by atoms with E-state index in [1.165, 1.54) is 6.08 Å². The van der Waals surface area contributed by atoms with E-state index in [-0.39, 0.29) is 5.56 Å². The summed E-state index contributed by atoms with van der Waals surface area (Å²) in [5, 5.41) is 17.0. The van der Waals surface area contributed by atoms with Crippen molar-refractivity contribution >= 4 is 37.7 Å². The predicted octanol–water partition coefficient (Wildman–Crippen LogP) is 4.42. The molecule has 0 unspecified atom stereocenters. The molecule has 0 aliphatic carbocycles. The van der Waals surface area contributed by atoms with Gasteiger partial charge in [-0.05, 0) is 48.7 Å². The quantitative estimate of drug-likeness (QED) is 0.396. The van der Waals surface area contributed by atoms with Crippen molar-refractivity contribution in [2.24, 2.45) is 0 Å². The van der Waals surface area contributed by atoms with E-state index in [9.17, 15) is 9.90 Å². The van der Waals surface area contributed by atoms with Crippen molar-refractivity contribution < 1.29 is 9.84 Å². The number of benzene rings is 2. The van der Waals surface area contributed by atoms with Crippen LogP contribution in [-0.4, -0.2) is 32.7 Å². The molecule has 0 amide bonds. The molecular weight excluding hydrogens is 458 g/mol. The van der Waals surface area contributed by atoms with Gasteiger partial charge >= 0.3 is 0 Å². The molecule has 0 saturated carbocycles. The van der Waals surface area contributed by atoms with Gasteiger partial charge in [-0.1, -0.05) is 34.1 Å². The number of fused-ring (bicyclic) bond motifs is 3. The van der Waals surface area contributed by atoms with Gasteiger partial charge in [-0.3, -0.25) is 9.36 Å². The summed E-state index contributed by atoms with van der Waals surface area (Å²) >= 11 is 3.64. The number of halogens is 1. The summed E-state index contributed by atoms with van der Waals surface area (Å²) in [6.45, 7) is 6.47. The summed E-state index contributed by atoms with van der Waals surface area (Å²) in [6.07, 6.45) is 3.00. The minimum atomic E-state index is -0.681. The van der Waals surface area contributed by atoms with E-state index in [0.29, 0.717) is 24.9 Å².